The number of benzene rings is 3. The number of nitrogens with zero attached hydrogens (tertiary/aromatic N) is 2. The number of nitrogens with one attached hydrogen (secondary N) is 1. The Morgan fingerprint density at radius 1 is 1.00 bits per heavy atom. The van der Waals surface area contributed by atoms with Crippen molar-refractivity contribution in [3.8, 4) is 0 Å². The van der Waals surface area contributed by atoms with Crippen molar-refractivity contribution in [2.24, 2.45) is 0 Å². The first kappa shape index (κ1) is 22.6. The number of anilines is 2. The lowest BCUT2D eigenvalue weighted by Gasteiger charge is -2.24. The van der Waals surface area contributed by atoms with Gasteiger partial charge in [-0.15, -0.1) is 0 Å². The number of hydrogen-bond donors (Lipinski definition) is 1. The van der Waals surface area contributed by atoms with Gasteiger partial charge < -0.3 is 10.2 Å². The van der Waals surface area contributed by atoms with Gasteiger partial charge >= 0.3 is 0 Å². The van der Waals surface area contributed by atoms with Crippen molar-refractivity contribution >= 4 is 40.5 Å². The van der Waals surface area contributed by atoms with Crippen molar-refractivity contribution in [3.63, 3.8) is 0 Å². The summed E-state index contributed by atoms with van der Waals surface area (Å²) in [4.78, 5) is 29.5. The number of aryl methyl sites for hydroxylation is 1. The minimum Gasteiger partial charge on any atom is -0.336 e. The number of hydrogen-bond acceptors (Lipinski definition) is 3. The van der Waals surface area contributed by atoms with Crippen LogP contribution in [0.1, 0.15) is 17.5 Å². The van der Waals surface area contributed by atoms with E-state index in [-0.39, 0.29) is 24.1 Å². The summed E-state index contributed by atoms with van der Waals surface area (Å²) in [6.45, 7) is 2.41. The van der Waals surface area contributed by atoms with E-state index in [0.717, 1.165) is 11.1 Å². The first-order valence-corrected chi connectivity index (χ1v) is 11.1. The van der Waals surface area contributed by atoms with Gasteiger partial charge in [-0.3, -0.25) is 14.5 Å². The zero-order valence-corrected chi connectivity index (χ0v) is 19.0. The minimum atomic E-state index is -0.719. The maximum Gasteiger partial charge on any atom is 0.256 e. The predicted molar refractivity (Wildman–Crippen MR) is 132 cm³/mol. The lowest BCUT2D eigenvalue weighted by Crippen LogP contribution is -2.39. The molecule has 0 spiro atoms. The van der Waals surface area contributed by atoms with E-state index in [1.165, 1.54) is 17.0 Å². The van der Waals surface area contributed by atoms with Gasteiger partial charge in [-0.1, -0.05) is 48.0 Å². The standard InChI is InChI=1S/C26H24FN3O2S/c1-18-7-13-21(14-8-18)28-24(31)17-23-25(32)30(22-5-3-2-4-6-22)26(33)29(23)16-15-19-9-11-20(27)12-10-19/h2-14,23H,15-17H2,1H3,(H,28,31)/t23-/m1/s1. The number of para-hydroxylation sites is 1. The Morgan fingerprint density at radius 3 is 2.33 bits per heavy atom. The summed E-state index contributed by atoms with van der Waals surface area (Å²) in [5.74, 6) is -0.794. The number of carbonyl (C=O) groups excluding carboxylic acids is 2. The molecule has 0 radical (unpaired) electrons. The summed E-state index contributed by atoms with van der Waals surface area (Å²) in [7, 11) is 0. The van der Waals surface area contributed by atoms with Crippen molar-refractivity contribution in [1.82, 2.24) is 4.90 Å². The Kier molecular flexibility index (Phi) is 6.79. The van der Waals surface area contributed by atoms with Crippen molar-refractivity contribution in [3.05, 3.63) is 95.8 Å². The van der Waals surface area contributed by atoms with Crippen molar-refractivity contribution in [2.75, 3.05) is 16.8 Å². The van der Waals surface area contributed by atoms with Gasteiger partial charge in [0.05, 0.1) is 12.1 Å². The second-order valence-corrected chi connectivity index (χ2v) is 8.36. The summed E-state index contributed by atoms with van der Waals surface area (Å²) < 4.78 is 13.3. The molecule has 168 valence electrons. The molecule has 1 atom stereocenters. The predicted octanol–water partition coefficient (Wildman–Crippen LogP) is 4.71. The van der Waals surface area contributed by atoms with Crippen LogP contribution in [0.25, 0.3) is 0 Å². The van der Waals surface area contributed by atoms with Gasteiger partial charge in [0.25, 0.3) is 5.91 Å². The molecule has 0 aromatic heterocycles. The van der Waals surface area contributed by atoms with Gasteiger partial charge in [-0.25, -0.2) is 4.39 Å². The number of amides is 2. The van der Waals surface area contributed by atoms with E-state index >= 15 is 0 Å². The molecule has 0 unspecified atom stereocenters. The maximum atomic E-state index is 13.4. The Morgan fingerprint density at radius 2 is 1.67 bits per heavy atom. The number of halogens is 1. The van der Waals surface area contributed by atoms with Crippen LogP contribution >= 0.6 is 12.2 Å². The molecule has 3 aromatic carbocycles. The van der Waals surface area contributed by atoms with Crippen LogP contribution in [0.3, 0.4) is 0 Å². The number of thiocarbonyl (C=S) groups is 1. The van der Waals surface area contributed by atoms with Crippen LogP contribution < -0.4 is 10.2 Å². The molecule has 2 amide bonds. The van der Waals surface area contributed by atoms with E-state index in [1.54, 1.807) is 17.0 Å². The average Bonchev–Trinajstić information content (AvgIpc) is 3.04. The first-order chi connectivity index (χ1) is 15.9. The number of carbonyl (C=O) groups is 2. The third-order valence-corrected chi connectivity index (χ3v) is 6.02. The van der Waals surface area contributed by atoms with Gasteiger partial charge in [0.2, 0.25) is 5.91 Å². The topological polar surface area (TPSA) is 52.7 Å². The quantitative estimate of drug-likeness (QED) is 0.518. The van der Waals surface area contributed by atoms with Crippen LogP contribution in [-0.2, 0) is 16.0 Å². The van der Waals surface area contributed by atoms with E-state index in [9.17, 15) is 14.0 Å². The molecule has 1 fully saturated rings. The monoisotopic (exact) mass is 461 g/mol. The highest BCUT2D eigenvalue weighted by Gasteiger charge is 2.43. The fourth-order valence-electron chi connectivity index (χ4n) is 3.83. The fraction of sp³-hybridized carbons (Fsp3) is 0.192. The number of rotatable bonds is 7. The molecule has 1 aliphatic heterocycles. The van der Waals surface area contributed by atoms with Crippen molar-refractivity contribution in [2.45, 2.75) is 25.8 Å². The summed E-state index contributed by atoms with van der Waals surface area (Å²) in [5.41, 5.74) is 3.36. The summed E-state index contributed by atoms with van der Waals surface area (Å²) >= 11 is 5.67. The molecule has 0 aliphatic carbocycles. The molecule has 7 heteroatoms. The largest absolute Gasteiger partial charge is 0.336 e. The smallest absolute Gasteiger partial charge is 0.256 e. The Bertz CT molecular complexity index is 1150. The van der Waals surface area contributed by atoms with Gasteiger partial charge in [-0.2, -0.15) is 0 Å². The van der Waals surface area contributed by atoms with E-state index < -0.39 is 6.04 Å². The Balaban J connectivity index is 1.54. The highest BCUT2D eigenvalue weighted by Crippen LogP contribution is 2.27. The van der Waals surface area contributed by atoms with Crippen LogP contribution in [0.4, 0.5) is 15.8 Å². The second-order valence-electron chi connectivity index (χ2n) is 8.00. The lowest BCUT2D eigenvalue weighted by atomic mass is 10.1. The maximum absolute atomic E-state index is 13.4. The molecule has 33 heavy (non-hydrogen) atoms. The molecule has 5 nitrogen and oxygen atoms in total. The third-order valence-electron chi connectivity index (χ3n) is 5.60. The zero-order valence-electron chi connectivity index (χ0n) is 18.2. The second kappa shape index (κ2) is 9.92. The van der Waals surface area contributed by atoms with Crippen molar-refractivity contribution < 1.29 is 14.0 Å². The molecule has 1 saturated heterocycles. The van der Waals surface area contributed by atoms with Gasteiger partial charge in [0.15, 0.2) is 5.11 Å². The third kappa shape index (κ3) is 5.26. The van der Waals surface area contributed by atoms with Crippen LogP contribution in [0, 0.1) is 12.7 Å². The van der Waals surface area contributed by atoms with E-state index in [4.69, 9.17) is 12.2 Å². The van der Waals surface area contributed by atoms with Crippen molar-refractivity contribution in [1.29, 1.82) is 0 Å². The SMILES string of the molecule is Cc1ccc(NC(=O)C[C@@H]2C(=O)N(c3ccccc3)C(=S)N2CCc2ccc(F)cc2)cc1. The summed E-state index contributed by atoms with van der Waals surface area (Å²) in [6.07, 6.45) is 0.534. The van der Waals surface area contributed by atoms with Crippen LogP contribution in [0.15, 0.2) is 78.9 Å². The van der Waals surface area contributed by atoms with Crippen LogP contribution in [0.5, 0.6) is 0 Å². The highest BCUT2D eigenvalue weighted by molar-refractivity contribution is 7.80. The zero-order chi connectivity index (χ0) is 23.4. The molecule has 3 aromatic rings. The normalized spacial score (nSPS) is 15.8. The minimum absolute atomic E-state index is 0.0282. The van der Waals surface area contributed by atoms with E-state index in [2.05, 4.69) is 5.32 Å². The highest BCUT2D eigenvalue weighted by atomic mass is 32.1. The Labute approximate surface area is 197 Å². The van der Waals surface area contributed by atoms with Crippen LogP contribution in [0.2, 0.25) is 0 Å². The van der Waals surface area contributed by atoms with Crippen LogP contribution in [-0.4, -0.2) is 34.4 Å². The molecule has 1 heterocycles. The average molecular weight is 462 g/mol. The Hall–Kier alpha value is -3.58. The van der Waals surface area contributed by atoms with E-state index in [0.29, 0.717) is 29.5 Å². The molecule has 1 aliphatic rings. The molecular weight excluding hydrogens is 437 g/mol. The van der Waals surface area contributed by atoms with Gasteiger partial charge in [0.1, 0.15) is 11.9 Å². The molecular formula is C26H24FN3O2S. The molecule has 1 N–H and O–H groups in total. The first-order valence-electron chi connectivity index (χ1n) is 10.7. The fourth-order valence-corrected chi connectivity index (χ4v) is 4.24. The van der Waals surface area contributed by atoms with E-state index in [1.807, 2.05) is 61.5 Å². The summed E-state index contributed by atoms with van der Waals surface area (Å²) in [6, 6.07) is 22.2. The summed E-state index contributed by atoms with van der Waals surface area (Å²) in [5, 5.41) is 3.23. The van der Waals surface area contributed by atoms with Gasteiger partial charge in [-0.05, 0) is 67.5 Å². The molecule has 4 rings (SSSR count). The molecule has 0 bridgehead atoms. The lowest BCUT2D eigenvalue weighted by molar-refractivity contribution is -0.124. The van der Waals surface area contributed by atoms with Gasteiger partial charge in [0, 0.05) is 12.2 Å². The molecule has 0 saturated carbocycles.